The van der Waals surface area contributed by atoms with Gasteiger partial charge in [-0.05, 0) is 44.3 Å². The van der Waals surface area contributed by atoms with E-state index in [9.17, 15) is 0 Å². The number of benzene rings is 1. The number of nitrogens with zero attached hydrogens (tertiary/aromatic N) is 2. The lowest BCUT2D eigenvalue weighted by Gasteiger charge is -2.16. The van der Waals surface area contributed by atoms with Crippen molar-refractivity contribution in [1.29, 1.82) is 0 Å². The van der Waals surface area contributed by atoms with E-state index in [0.717, 1.165) is 19.6 Å². The second-order valence-electron chi connectivity index (χ2n) is 5.44. The van der Waals surface area contributed by atoms with Gasteiger partial charge >= 0.3 is 0 Å². The van der Waals surface area contributed by atoms with Gasteiger partial charge in [0.1, 0.15) is 0 Å². The van der Waals surface area contributed by atoms with E-state index in [-0.39, 0.29) is 0 Å². The van der Waals surface area contributed by atoms with Crippen molar-refractivity contribution in [3.63, 3.8) is 0 Å². The third kappa shape index (κ3) is 3.87. The van der Waals surface area contributed by atoms with Crippen molar-refractivity contribution in [3.05, 3.63) is 53.9 Å². The Morgan fingerprint density at radius 1 is 1.10 bits per heavy atom. The van der Waals surface area contributed by atoms with Crippen LogP contribution >= 0.6 is 0 Å². The van der Waals surface area contributed by atoms with E-state index >= 15 is 0 Å². The number of hydrogen-bond acceptors (Lipinski definition) is 2. The van der Waals surface area contributed by atoms with Gasteiger partial charge in [0.2, 0.25) is 0 Å². The van der Waals surface area contributed by atoms with Gasteiger partial charge in [0.15, 0.2) is 0 Å². The molecule has 1 heterocycles. The smallest absolute Gasteiger partial charge is 0.0553 e. The molecule has 0 radical (unpaired) electrons. The van der Waals surface area contributed by atoms with Crippen LogP contribution in [0.3, 0.4) is 0 Å². The Balaban J connectivity index is 2.05. The molecule has 0 aliphatic carbocycles. The molecule has 20 heavy (non-hydrogen) atoms. The highest BCUT2D eigenvalue weighted by atomic mass is 15.1. The van der Waals surface area contributed by atoms with Crippen molar-refractivity contribution >= 4 is 5.69 Å². The lowest BCUT2D eigenvalue weighted by molar-refractivity contribution is 0.403. The minimum atomic E-state index is 0.872. The standard InChI is InChI=1S/C17H25N3/c1-4-11-20-12-7-9-16(20)13-18-17-10-6-5-8-15(17)14-19(2)3/h5-10,12,18H,4,11,13-14H2,1-3H3. The van der Waals surface area contributed by atoms with Gasteiger partial charge in [0.05, 0.1) is 6.54 Å². The normalized spacial score (nSPS) is 11.0. The topological polar surface area (TPSA) is 20.2 Å². The van der Waals surface area contributed by atoms with Crippen LogP contribution in [0.2, 0.25) is 0 Å². The molecule has 0 atom stereocenters. The molecule has 0 spiro atoms. The summed E-state index contributed by atoms with van der Waals surface area (Å²) < 4.78 is 2.32. The summed E-state index contributed by atoms with van der Waals surface area (Å²) >= 11 is 0. The van der Waals surface area contributed by atoms with Crippen LogP contribution in [0.5, 0.6) is 0 Å². The summed E-state index contributed by atoms with van der Waals surface area (Å²) in [6.07, 6.45) is 3.32. The Hall–Kier alpha value is -1.74. The molecule has 1 N–H and O–H groups in total. The fraction of sp³-hybridized carbons (Fsp3) is 0.412. The summed E-state index contributed by atoms with van der Waals surface area (Å²) in [6.45, 7) is 5.13. The first kappa shape index (κ1) is 14.7. The predicted molar refractivity (Wildman–Crippen MR) is 85.9 cm³/mol. The number of aryl methyl sites for hydroxylation is 1. The molecule has 1 aromatic carbocycles. The highest BCUT2D eigenvalue weighted by molar-refractivity contribution is 5.51. The lowest BCUT2D eigenvalue weighted by atomic mass is 10.1. The summed E-state index contributed by atoms with van der Waals surface area (Å²) in [6, 6.07) is 12.9. The molecule has 0 fully saturated rings. The predicted octanol–water partition coefficient (Wildman–Crippen LogP) is 3.57. The zero-order valence-electron chi connectivity index (χ0n) is 12.8. The summed E-state index contributed by atoms with van der Waals surface area (Å²) in [4.78, 5) is 2.19. The third-order valence-electron chi connectivity index (χ3n) is 3.35. The van der Waals surface area contributed by atoms with Crippen molar-refractivity contribution in [3.8, 4) is 0 Å². The van der Waals surface area contributed by atoms with E-state index < -0.39 is 0 Å². The highest BCUT2D eigenvalue weighted by Gasteiger charge is 2.04. The first-order chi connectivity index (χ1) is 9.70. The molecule has 0 saturated carbocycles. The van der Waals surface area contributed by atoms with E-state index in [4.69, 9.17) is 0 Å². The van der Waals surface area contributed by atoms with Crippen molar-refractivity contribution < 1.29 is 0 Å². The molecule has 3 nitrogen and oxygen atoms in total. The van der Waals surface area contributed by atoms with Gasteiger partial charge in [-0.1, -0.05) is 25.1 Å². The van der Waals surface area contributed by atoms with E-state index in [1.165, 1.54) is 23.4 Å². The summed E-state index contributed by atoms with van der Waals surface area (Å²) in [5.41, 5.74) is 3.91. The molecule has 0 amide bonds. The minimum Gasteiger partial charge on any atom is -0.379 e. The molecule has 2 aromatic rings. The molecule has 2 rings (SSSR count). The maximum absolute atomic E-state index is 3.57. The molecule has 1 aromatic heterocycles. The van der Waals surface area contributed by atoms with Gasteiger partial charge < -0.3 is 14.8 Å². The number of hydrogen-bond donors (Lipinski definition) is 1. The fourth-order valence-electron chi connectivity index (χ4n) is 2.43. The van der Waals surface area contributed by atoms with Crippen molar-refractivity contribution in [1.82, 2.24) is 9.47 Å². The maximum Gasteiger partial charge on any atom is 0.0553 e. The minimum absolute atomic E-state index is 0.872. The largest absolute Gasteiger partial charge is 0.379 e. The Kier molecular flexibility index (Phi) is 5.24. The number of nitrogens with one attached hydrogen (secondary N) is 1. The number of anilines is 1. The third-order valence-corrected chi connectivity index (χ3v) is 3.35. The zero-order valence-corrected chi connectivity index (χ0v) is 12.8. The molecule has 108 valence electrons. The first-order valence-electron chi connectivity index (χ1n) is 7.31. The summed E-state index contributed by atoms with van der Waals surface area (Å²) in [5.74, 6) is 0. The van der Waals surface area contributed by atoms with Crippen LogP contribution in [0.25, 0.3) is 0 Å². The van der Waals surface area contributed by atoms with Crippen LogP contribution in [0.15, 0.2) is 42.6 Å². The van der Waals surface area contributed by atoms with Gasteiger partial charge in [-0.3, -0.25) is 0 Å². The van der Waals surface area contributed by atoms with Crippen LogP contribution in [-0.2, 0) is 19.6 Å². The van der Waals surface area contributed by atoms with E-state index in [0.29, 0.717) is 0 Å². The lowest BCUT2D eigenvalue weighted by Crippen LogP contribution is -2.13. The van der Waals surface area contributed by atoms with Gasteiger partial charge in [0, 0.05) is 30.7 Å². The fourth-order valence-corrected chi connectivity index (χ4v) is 2.43. The molecular formula is C17H25N3. The van der Waals surface area contributed by atoms with Crippen molar-refractivity contribution in [2.75, 3.05) is 19.4 Å². The van der Waals surface area contributed by atoms with Gasteiger partial charge in [-0.25, -0.2) is 0 Å². The Morgan fingerprint density at radius 2 is 1.90 bits per heavy atom. The van der Waals surface area contributed by atoms with Crippen LogP contribution < -0.4 is 5.32 Å². The number of aromatic nitrogens is 1. The molecular weight excluding hydrogens is 246 g/mol. The zero-order chi connectivity index (χ0) is 14.4. The van der Waals surface area contributed by atoms with Gasteiger partial charge in [-0.2, -0.15) is 0 Å². The maximum atomic E-state index is 3.57. The van der Waals surface area contributed by atoms with Gasteiger partial charge in [0.25, 0.3) is 0 Å². The quantitative estimate of drug-likeness (QED) is 0.830. The molecule has 3 heteroatoms. The van der Waals surface area contributed by atoms with E-state index in [1.807, 2.05) is 0 Å². The second-order valence-corrected chi connectivity index (χ2v) is 5.44. The SMILES string of the molecule is CCCn1cccc1CNc1ccccc1CN(C)C. The van der Waals surface area contributed by atoms with Crippen LogP contribution in [0.1, 0.15) is 24.6 Å². The Labute approximate surface area is 122 Å². The van der Waals surface area contributed by atoms with Crippen LogP contribution in [0, 0.1) is 0 Å². The van der Waals surface area contributed by atoms with Crippen molar-refractivity contribution in [2.45, 2.75) is 33.0 Å². The van der Waals surface area contributed by atoms with E-state index in [2.05, 4.69) is 78.4 Å². The second kappa shape index (κ2) is 7.15. The van der Waals surface area contributed by atoms with Gasteiger partial charge in [-0.15, -0.1) is 0 Å². The molecule has 0 aliphatic rings. The summed E-state index contributed by atoms with van der Waals surface area (Å²) in [5, 5.41) is 3.57. The molecule has 0 bridgehead atoms. The number of para-hydroxylation sites is 1. The Bertz CT molecular complexity index is 529. The monoisotopic (exact) mass is 271 g/mol. The van der Waals surface area contributed by atoms with Crippen LogP contribution in [0.4, 0.5) is 5.69 Å². The molecule has 0 unspecified atom stereocenters. The summed E-state index contributed by atoms with van der Waals surface area (Å²) in [7, 11) is 4.20. The molecule has 0 saturated heterocycles. The Morgan fingerprint density at radius 3 is 2.65 bits per heavy atom. The molecule has 0 aliphatic heterocycles. The average Bonchev–Trinajstić information content (AvgIpc) is 2.85. The van der Waals surface area contributed by atoms with E-state index in [1.54, 1.807) is 0 Å². The van der Waals surface area contributed by atoms with Crippen molar-refractivity contribution in [2.24, 2.45) is 0 Å². The first-order valence-corrected chi connectivity index (χ1v) is 7.31. The van der Waals surface area contributed by atoms with Crippen LogP contribution in [-0.4, -0.2) is 23.6 Å². The highest BCUT2D eigenvalue weighted by Crippen LogP contribution is 2.17. The number of rotatable bonds is 7. The average molecular weight is 271 g/mol.